The number of halogens is 2. The van der Waals surface area contributed by atoms with Crippen LogP contribution in [0.25, 0.3) is 0 Å². The van der Waals surface area contributed by atoms with E-state index in [-0.39, 0.29) is 0 Å². The molecule has 1 aromatic heterocycles. The lowest BCUT2D eigenvalue weighted by Gasteiger charge is -2.07. The highest BCUT2D eigenvalue weighted by Crippen LogP contribution is 2.20. The molecule has 0 saturated carbocycles. The summed E-state index contributed by atoms with van der Waals surface area (Å²) in [7, 11) is 0. The van der Waals surface area contributed by atoms with Crippen LogP contribution in [0, 0.1) is 0 Å². The highest BCUT2D eigenvalue weighted by Gasteiger charge is 1.99. The Bertz CT molecular complexity index is 488. The van der Waals surface area contributed by atoms with Gasteiger partial charge in [0.05, 0.1) is 10.7 Å². The number of aromatic nitrogens is 1. The Morgan fingerprint density at radius 1 is 1.31 bits per heavy atom. The average molecular weight is 298 g/mol. The van der Waals surface area contributed by atoms with Crippen LogP contribution in [-0.4, -0.2) is 4.98 Å². The summed E-state index contributed by atoms with van der Waals surface area (Å²) >= 11 is 9.43. The summed E-state index contributed by atoms with van der Waals surface area (Å²) < 4.78 is 1.08. The van der Waals surface area contributed by atoms with Gasteiger partial charge in [-0.15, -0.1) is 0 Å². The molecule has 1 aromatic carbocycles. The van der Waals surface area contributed by atoms with Crippen LogP contribution in [0.1, 0.15) is 5.56 Å². The number of anilines is 1. The van der Waals surface area contributed by atoms with Gasteiger partial charge in [-0.3, -0.25) is 4.98 Å². The van der Waals surface area contributed by atoms with E-state index in [1.54, 1.807) is 12.4 Å². The fourth-order valence-corrected chi connectivity index (χ4v) is 2.00. The number of nitrogens with zero attached hydrogens (tertiary/aromatic N) is 1. The van der Waals surface area contributed by atoms with Gasteiger partial charge in [-0.2, -0.15) is 0 Å². The highest BCUT2D eigenvalue weighted by molar-refractivity contribution is 9.10. The Hall–Kier alpha value is -1.06. The number of hydrogen-bond donors (Lipinski definition) is 1. The lowest BCUT2D eigenvalue weighted by atomic mass is 10.2. The molecule has 0 aliphatic rings. The van der Waals surface area contributed by atoms with Crippen LogP contribution < -0.4 is 5.32 Å². The standard InChI is InChI=1S/C12H10BrClN2/c13-10-3-1-2-9(6-10)7-16-12-4-5-15-8-11(12)14/h1-6,8H,7H2,(H,15,16). The molecule has 0 aliphatic heterocycles. The van der Waals surface area contributed by atoms with Gasteiger partial charge in [-0.1, -0.05) is 39.7 Å². The third-order valence-electron chi connectivity index (χ3n) is 2.14. The average Bonchev–Trinajstić information content (AvgIpc) is 2.28. The summed E-state index contributed by atoms with van der Waals surface area (Å²) in [6.45, 7) is 0.739. The van der Waals surface area contributed by atoms with Crippen LogP contribution in [0.3, 0.4) is 0 Å². The van der Waals surface area contributed by atoms with E-state index in [9.17, 15) is 0 Å². The zero-order valence-electron chi connectivity index (χ0n) is 8.45. The van der Waals surface area contributed by atoms with Gasteiger partial charge in [-0.25, -0.2) is 0 Å². The van der Waals surface area contributed by atoms with Gasteiger partial charge in [0.15, 0.2) is 0 Å². The zero-order valence-corrected chi connectivity index (χ0v) is 10.8. The first-order valence-electron chi connectivity index (χ1n) is 4.83. The Morgan fingerprint density at radius 3 is 2.94 bits per heavy atom. The summed E-state index contributed by atoms with van der Waals surface area (Å²) in [5.74, 6) is 0. The molecule has 0 fully saturated rings. The van der Waals surface area contributed by atoms with Gasteiger partial charge in [0, 0.05) is 23.4 Å². The van der Waals surface area contributed by atoms with Gasteiger partial charge in [-0.05, 0) is 23.8 Å². The molecule has 1 heterocycles. The van der Waals surface area contributed by atoms with Crippen LogP contribution in [-0.2, 0) is 6.54 Å². The van der Waals surface area contributed by atoms with Crippen molar-refractivity contribution in [2.45, 2.75) is 6.54 Å². The van der Waals surface area contributed by atoms with Crippen molar-refractivity contribution in [3.05, 3.63) is 57.8 Å². The van der Waals surface area contributed by atoms with Crippen molar-refractivity contribution in [2.75, 3.05) is 5.32 Å². The number of pyridine rings is 1. The number of nitrogens with one attached hydrogen (secondary N) is 1. The minimum atomic E-state index is 0.637. The Kier molecular flexibility index (Phi) is 3.80. The van der Waals surface area contributed by atoms with E-state index in [1.807, 2.05) is 18.2 Å². The molecule has 0 unspecified atom stereocenters. The monoisotopic (exact) mass is 296 g/mol. The number of rotatable bonds is 3. The summed E-state index contributed by atoms with van der Waals surface area (Å²) in [6, 6.07) is 10.0. The van der Waals surface area contributed by atoms with E-state index in [0.29, 0.717) is 5.02 Å². The first-order chi connectivity index (χ1) is 7.75. The second kappa shape index (κ2) is 5.32. The van der Waals surface area contributed by atoms with E-state index in [4.69, 9.17) is 11.6 Å². The first kappa shape index (κ1) is 11.4. The smallest absolute Gasteiger partial charge is 0.0820 e. The lowest BCUT2D eigenvalue weighted by molar-refractivity contribution is 1.14. The van der Waals surface area contributed by atoms with Gasteiger partial charge < -0.3 is 5.32 Å². The molecule has 0 amide bonds. The van der Waals surface area contributed by atoms with Gasteiger partial charge in [0.1, 0.15) is 0 Å². The maximum atomic E-state index is 5.99. The molecule has 2 nitrogen and oxygen atoms in total. The van der Waals surface area contributed by atoms with E-state index >= 15 is 0 Å². The Morgan fingerprint density at radius 2 is 2.19 bits per heavy atom. The summed E-state index contributed by atoms with van der Waals surface area (Å²) in [4.78, 5) is 3.93. The molecular formula is C12H10BrClN2. The lowest BCUT2D eigenvalue weighted by Crippen LogP contribution is -1.99. The zero-order chi connectivity index (χ0) is 11.4. The van der Waals surface area contributed by atoms with Crippen molar-refractivity contribution in [1.82, 2.24) is 4.98 Å². The molecule has 82 valence electrons. The topological polar surface area (TPSA) is 24.9 Å². The third kappa shape index (κ3) is 2.97. The third-order valence-corrected chi connectivity index (χ3v) is 2.94. The van der Waals surface area contributed by atoms with Crippen LogP contribution >= 0.6 is 27.5 Å². The van der Waals surface area contributed by atoms with Crippen LogP contribution in [0.4, 0.5) is 5.69 Å². The largest absolute Gasteiger partial charge is 0.380 e. The van der Waals surface area contributed by atoms with Crippen LogP contribution in [0.5, 0.6) is 0 Å². The first-order valence-corrected chi connectivity index (χ1v) is 6.00. The predicted octanol–water partition coefficient (Wildman–Crippen LogP) is 4.11. The van der Waals surface area contributed by atoms with Gasteiger partial charge in [0.25, 0.3) is 0 Å². The number of hydrogen-bond acceptors (Lipinski definition) is 2. The fourth-order valence-electron chi connectivity index (χ4n) is 1.36. The summed E-state index contributed by atoms with van der Waals surface area (Å²) in [5.41, 5.74) is 2.10. The van der Waals surface area contributed by atoms with Crippen LogP contribution in [0.15, 0.2) is 47.2 Å². The van der Waals surface area contributed by atoms with E-state index < -0.39 is 0 Å². The normalized spacial score (nSPS) is 10.1. The highest BCUT2D eigenvalue weighted by atomic mass is 79.9. The maximum absolute atomic E-state index is 5.99. The van der Waals surface area contributed by atoms with Crippen molar-refractivity contribution >= 4 is 33.2 Å². The van der Waals surface area contributed by atoms with Crippen molar-refractivity contribution < 1.29 is 0 Å². The molecule has 0 atom stereocenters. The molecule has 0 saturated heterocycles. The molecule has 4 heteroatoms. The predicted molar refractivity (Wildman–Crippen MR) is 70.7 cm³/mol. The SMILES string of the molecule is Clc1cnccc1NCc1cccc(Br)c1. The maximum Gasteiger partial charge on any atom is 0.0820 e. The minimum Gasteiger partial charge on any atom is -0.380 e. The van der Waals surface area contributed by atoms with Gasteiger partial charge in [0.2, 0.25) is 0 Å². The Balaban J connectivity index is 2.05. The molecule has 0 bridgehead atoms. The molecule has 2 rings (SSSR count). The van der Waals surface area contributed by atoms with Crippen molar-refractivity contribution in [2.24, 2.45) is 0 Å². The summed E-state index contributed by atoms with van der Waals surface area (Å²) in [5, 5.41) is 3.90. The minimum absolute atomic E-state index is 0.637. The molecule has 1 N–H and O–H groups in total. The number of benzene rings is 1. The molecule has 0 spiro atoms. The molecular weight excluding hydrogens is 288 g/mol. The van der Waals surface area contributed by atoms with E-state index in [1.165, 1.54) is 5.56 Å². The molecule has 2 aromatic rings. The van der Waals surface area contributed by atoms with E-state index in [0.717, 1.165) is 16.7 Å². The fraction of sp³-hybridized carbons (Fsp3) is 0.0833. The van der Waals surface area contributed by atoms with Crippen molar-refractivity contribution in [1.29, 1.82) is 0 Å². The van der Waals surface area contributed by atoms with E-state index in [2.05, 4.69) is 38.4 Å². The van der Waals surface area contributed by atoms with Crippen LogP contribution in [0.2, 0.25) is 5.02 Å². The quantitative estimate of drug-likeness (QED) is 0.922. The Labute approximate surface area is 108 Å². The summed E-state index contributed by atoms with van der Waals surface area (Å²) in [6.07, 6.45) is 3.35. The second-order valence-corrected chi connectivity index (χ2v) is 4.66. The van der Waals surface area contributed by atoms with Crippen molar-refractivity contribution in [3.63, 3.8) is 0 Å². The second-order valence-electron chi connectivity index (χ2n) is 3.34. The van der Waals surface area contributed by atoms with Crippen molar-refractivity contribution in [3.8, 4) is 0 Å². The molecule has 0 aliphatic carbocycles. The van der Waals surface area contributed by atoms with Gasteiger partial charge >= 0.3 is 0 Å². The molecule has 0 radical (unpaired) electrons. The molecule has 16 heavy (non-hydrogen) atoms.